The first kappa shape index (κ1) is 13.4. The van der Waals surface area contributed by atoms with E-state index >= 15 is 0 Å². The molecule has 2 unspecified atom stereocenters. The number of piperidine rings is 1. The maximum absolute atomic E-state index is 12.0. The minimum absolute atomic E-state index is 0.0729. The van der Waals surface area contributed by atoms with Gasteiger partial charge in [0.25, 0.3) is 5.91 Å². The van der Waals surface area contributed by atoms with Crippen molar-refractivity contribution in [2.24, 2.45) is 0 Å². The maximum atomic E-state index is 12.0. The summed E-state index contributed by atoms with van der Waals surface area (Å²) >= 11 is 0. The lowest BCUT2D eigenvalue weighted by Gasteiger charge is -2.39. The molecule has 2 saturated heterocycles. The molecule has 3 rings (SSSR count). The smallest absolute Gasteiger partial charge is 0.272 e. The highest BCUT2D eigenvalue weighted by Crippen LogP contribution is 2.39. The van der Waals surface area contributed by atoms with Crippen LogP contribution in [0.4, 0.5) is 5.69 Å². The molecule has 1 N–H and O–H groups in total. The molecule has 0 aliphatic carbocycles. The molecular formula is C15H21N3O2. The lowest BCUT2D eigenvalue weighted by molar-refractivity contribution is 0.0821. The Morgan fingerprint density at radius 2 is 2.00 bits per heavy atom. The minimum atomic E-state index is -0.173. The molecule has 5 nitrogen and oxygen atoms in total. The Kier molecular flexibility index (Phi) is 3.38. The van der Waals surface area contributed by atoms with E-state index in [9.17, 15) is 9.90 Å². The molecule has 0 aromatic carbocycles. The standard InChI is InChI=1S/C15H21N3O2/c1-17(2)15(20)14-9-12(5-6-16-14)18-10-3-4-11(18)8-13(19)7-10/h5-6,9-11,13,19H,3-4,7-8H2,1-2H3. The number of aromatic nitrogens is 1. The van der Waals surface area contributed by atoms with Crippen LogP contribution in [-0.2, 0) is 0 Å². The second kappa shape index (κ2) is 5.05. The van der Waals surface area contributed by atoms with E-state index in [-0.39, 0.29) is 12.0 Å². The quantitative estimate of drug-likeness (QED) is 0.883. The predicted molar refractivity (Wildman–Crippen MR) is 76.8 cm³/mol. The highest BCUT2D eigenvalue weighted by Gasteiger charge is 2.40. The molecule has 1 amide bonds. The van der Waals surface area contributed by atoms with Gasteiger partial charge in [-0.3, -0.25) is 9.78 Å². The number of carbonyl (C=O) groups is 1. The Hall–Kier alpha value is -1.62. The van der Waals surface area contributed by atoms with Crippen LogP contribution < -0.4 is 4.90 Å². The van der Waals surface area contributed by atoms with Gasteiger partial charge in [-0.25, -0.2) is 0 Å². The van der Waals surface area contributed by atoms with E-state index in [1.807, 2.05) is 12.1 Å². The molecule has 2 bridgehead atoms. The molecule has 20 heavy (non-hydrogen) atoms. The van der Waals surface area contributed by atoms with Crippen molar-refractivity contribution in [1.29, 1.82) is 0 Å². The van der Waals surface area contributed by atoms with Gasteiger partial charge in [-0.1, -0.05) is 0 Å². The van der Waals surface area contributed by atoms with Crippen molar-refractivity contribution in [2.45, 2.75) is 43.9 Å². The van der Waals surface area contributed by atoms with Crippen LogP contribution in [0.15, 0.2) is 18.3 Å². The topological polar surface area (TPSA) is 56.7 Å². The molecule has 108 valence electrons. The summed E-state index contributed by atoms with van der Waals surface area (Å²) in [5.41, 5.74) is 1.54. The van der Waals surface area contributed by atoms with E-state index in [0.29, 0.717) is 17.8 Å². The molecular weight excluding hydrogens is 254 g/mol. The summed E-state index contributed by atoms with van der Waals surface area (Å²) in [7, 11) is 3.47. The van der Waals surface area contributed by atoms with Gasteiger partial charge in [0.2, 0.25) is 0 Å². The highest BCUT2D eigenvalue weighted by molar-refractivity contribution is 5.92. The summed E-state index contributed by atoms with van der Waals surface area (Å²) in [5.74, 6) is -0.0729. The highest BCUT2D eigenvalue weighted by atomic mass is 16.3. The van der Waals surface area contributed by atoms with E-state index in [4.69, 9.17) is 0 Å². The largest absolute Gasteiger partial charge is 0.393 e. The summed E-state index contributed by atoms with van der Waals surface area (Å²) < 4.78 is 0. The first-order valence-electron chi connectivity index (χ1n) is 7.20. The molecule has 0 spiro atoms. The van der Waals surface area contributed by atoms with Crippen LogP contribution in [0.25, 0.3) is 0 Å². The Labute approximate surface area is 119 Å². The molecule has 2 fully saturated rings. The molecule has 2 aliphatic heterocycles. The van der Waals surface area contributed by atoms with E-state index in [1.54, 1.807) is 25.2 Å². The minimum Gasteiger partial charge on any atom is -0.393 e. The van der Waals surface area contributed by atoms with Gasteiger partial charge in [-0.2, -0.15) is 0 Å². The average Bonchev–Trinajstić information content (AvgIpc) is 2.70. The number of nitrogens with zero attached hydrogens (tertiary/aromatic N) is 3. The summed E-state index contributed by atoms with van der Waals surface area (Å²) in [4.78, 5) is 20.1. The first-order chi connectivity index (χ1) is 9.56. The zero-order chi connectivity index (χ0) is 14.3. The summed E-state index contributed by atoms with van der Waals surface area (Å²) in [6.07, 6.45) is 5.44. The van der Waals surface area contributed by atoms with Crippen molar-refractivity contribution in [2.75, 3.05) is 19.0 Å². The Balaban J connectivity index is 1.88. The second-order valence-corrected chi connectivity index (χ2v) is 6.02. The SMILES string of the molecule is CN(C)C(=O)c1cc(N2C3CCC2CC(O)C3)ccn1. The van der Waals surface area contributed by atoms with Crippen LogP contribution in [-0.4, -0.2) is 53.2 Å². The predicted octanol–water partition coefficient (Wildman–Crippen LogP) is 1.28. The molecule has 2 aliphatic rings. The number of fused-ring (bicyclic) bond motifs is 2. The number of hydrogen-bond acceptors (Lipinski definition) is 4. The third-order valence-corrected chi connectivity index (χ3v) is 4.38. The zero-order valence-electron chi connectivity index (χ0n) is 12.0. The van der Waals surface area contributed by atoms with Crippen LogP contribution in [0.3, 0.4) is 0 Å². The van der Waals surface area contributed by atoms with Crippen LogP contribution in [0.1, 0.15) is 36.2 Å². The number of amides is 1. The fourth-order valence-electron chi connectivity index (χ4n) is 3.50. The Bertz CT molecular complexity index is 504. The Morgan fingerprint density at radius 1 is 1.35 bits per heavy atom. The molecule has 1 aromatic heterocycles. The molecule has 0 radical (unpaired) electrons. The van der Waals surface area contributed by atoms with Crippen molar-refractivity contribution < 1.29 is 9.90 Å². The van der Waals surface area contributed by atoms with Crippen molar-refractivity contribution >= 4 is 11.6 Å². The fourth-order valence-corrected chi connectivity index (χ4v) is 3.50. The number of hydrogen-bond donors (Lipinski definition) is 1. The van der Waals surface area contributed by atoms with E-state index < -0.39 is 0 Å². The maximum Gasteiger partial charge on any atom is 0.272 e. The van der Waals surface area contributed by atoms with Gasteiger partial charge in [0, 0.05) is 38.1 Å². The van der Waals surface area contributed by atoms with Gasteiger partial charge >= 0.3 is 0 Å². The molecule has 0 saturated carbocycles. The fraction of sp³-hybridized carbons (Fsp3) is 0.600. The molecule has 3 heterocycles. The van der Waals surface area contributed by atoms with Crippen LogP contribution in [0.5, 0.6) is 0 Å². The van der Waals surface area contributed by atoms with Gasteiger partial charge in [0.1, 0.15) is 5.69 Å². The molecule has 5 heteroatoms. The lowest BCUT2D eigenvalue weighted by Crippen LogP contribution is -2.44. The van der Waals surface area contributed by atoms with Gasteiger partial charge in [0.15, 0.2) is 0 Å². The summed E-state index contributed by atoms with van der Waals surface area (Å²) in [6.45, 7) is 0. The first-order valence-corrected chi connectivity index (χ1v) is 7.20. The number of carbonyl (C=O) groups excluding carboxylic acids is 1. The van der Waals surface area contributed by atoms with Crippen LogP contribution in [0.2, 0.25) is 0 Å². The van der Waals surface area contributed by atoms with Gasteiger partial charge < -0.3 is 14.9 Å². The van der Waals surface area contributed by atoms with Crippen molar-refractivity contribution in [1.82, 2.24) is 9.88 Å². The average molecular weight is 275 g/mol. The number of aliphatic hydroxyl groups is 1. The summed E-state index contributed by atoms with van der Waals surface area (Å²) in [6, 6.07) is 4.64. The number of rotatable bonds is 2. The third kappa shape index (κ3) is 2.26. The Morgan fingerprint density at radius 3 is 2.60 bits per heavy atom. The van der Waals surface area contributed by atoms with Gasteiger partial charge in [0.05, 0.1) is 6.10 Å². The summed E-state index contributed by atoms with van der Waals surface area (Å²) in [5, 5.41) is 9.87. The lowest BCUT2D eigenvalue weighted by atomic mass is 9.99. The normalized spacial score (nSPS) is 28.6. The van der Waals surface area contributed by atoms with Gasteiger partial charge in [-0.05, 0) is 37.8 Å². The van der Waals surface area contributed by atoms with E-state index in [1.165, 1.54) is 0 Å². The monoisotopic (exact) mass is 275 g/mol. The number of anilines is 1. The van der Waals surface area contributed by atoms with E-state index in [0.717, 1.165) is 31.4 Å². The number of pyridine rings is 1. The number of aliphatic hydroxyl groups excluding tert-OH is 1. The van der Waals surface area contributed by atoms with Gasteiger partial charge in [-0.15, -0.1) is 0 Å². The second-order valence-electron chi connectivity index (χ2n) is 6.02. The molecule has 1 aromatic rings. The molecule has 2 atom stereocenters. The van der Waals surface area contributed by atoms with Crippen LogP contribution in [0, 0.1) is 0 Å². The van der Waals surface area contributed by atoms with Crippen molar-refractivity contribution in [3.8, 4) is 0 Å². The third-order valence-electron chi connectivity index (χ3n) is 4.38. The van der Waals surface area contributed by atoms with Crippen molar-refractivity contribution in [3.05, 3.63) is 24.0 Å². The zero-order valence-corrected chi connectivity index (χ0v) is 12.0. The van der Waals surface area contributed by atoms with Crippen molar-refractivity contribution in [3.63, 3.8) is 0 Å². The van der Waals surface area contributed by atoms with Crippen LogP contribution >= 0.6 is 0 Å². The van der Waals surface area contributed by atoms with E-state index in [2.05, 4.69) is 9.88 Å².